The molecule has 1 aliphatic heterocycles. The Hall–Kier alpha value is -0.770. The van der Waals surface area contributed by atoms with Crippen LogP contribution in [0.1, 0.15) is 31.7 Å². The van der Waals surface area contributed by atoms with Crippen LogP contribution in [0.4, 0.5) is 0 Å². The zero-order valence-corrected chi connectivity index (χ0v) is 12.5. The van der Waals surface area contributed by atoms with Gasteiger partial charge in [-0.2, -0.15) is 0 Å². The van der Waals surface area contributed by atoms with E-state index in [2.05, 4.69) is 29.2 Å². The Bertz CT molecular complexity index is 356. The number of rotatable bonds is 5. The maximum absolute atomic E-state index is 5.85. The van der Waals surface area contributed by atoms with Crippen LogP contribution in [0.5, 0.6) is 5.75 Å². The third-order valence-electron chi connectivity index (χ3n) is 3.64. The van der Waals surface area contributed by atoms with Crippen LogP contribution in [0.2, 0.25) is 0 Å². The van der Waals surface area contributed by atoms with E-state index in [0.29, 0.717) is 6.04 Å². The zero-order valence-electron chi connectivity index (χ0n) is 11.7. The quantitative estimate of drug-likeness (QED) is 0.904. The van der Waals surface area contributed by atoms with Crippen LogP contribution in [-0.2, 0) is 6.54 Å². The molecule has 1 aliphatic rings. The molecule has 2 rings (SSSR count). The molecule has 0 saturated carbocycles. The van der Waals surface area contributed by atoms with Gasteiger partial charge >= 0.3 is 0 Å². The second-order valence-corrected chi connectivity index (χ2v) is 4.93. The fourth-order valence-corrected chi connectivity index (χ4v) is 2.63. The van der Waals surface area contributed by atoms with Gasteiger partial charge < -0.3 is 10.5 Å². The first-order valence-electron chi connectivity index (χ1n) is 6.99. The number of halogens is 1. The van der Waals surface area contributed by atoms with Gasteiger partial charge in [-0.1, -0.05) is 18.6 Å². The average molecular weight is 285 g/mol. The molecular formula is C15H25ClN2O. The summed E-state index contributed by atoms with van der Waals surface area (Å²) in [6, 6.07) is 8.99. The maximum atomic E-state index is 5.85. The van der Waals surface area contributed by atoms with Crippen molar-refractivity contribution in [2.24, 2.45) is 5.73 Å². The summed E-state index contributed by atoms with van der Waals surface area (Å²) in [5.74, 6) is 0.954. The Morgan fingerprint density at radius 1 is 1.26 bits per heavy atom. The van der Waals surface area contributed by atoms with Crippen LogP contribution in [0.3, 0.4) is 0 Å². The molecule has 0 amide bonds. The molecule has 108 valence electrons. The van der Waals surface area contributed by atoms with Crippen molar-refractivity contribution in [3.63, 3.8) is 0 Å². The van der Waals surface area contributed by atoms with Gasteiger partial charge in [-0.25, -0.2) is 0 Å². The van der Waals surface area contributed by atoms with Gasteiger partial charge in [0.15, 0.2) is 0 Å². The average Bonchev–Trinajstić information content (AvgIpc) is 2.42. The largest absolute Gasteiger partial charge is 0.494 e. The summed E-state index contributed by atoms with van der Waals surface area (Å²) in [6.07, 6.45) is 3.86. The number of benzene rings is 1. The molecule has 2 N–H and O–H groups in total. The highest BCUT2D eigenvalue weighted by Crippen LogP contribution is 2.20. The van der Waals surface area contributed by atoms with Gasteiger partial charge in [0.25, 0.3) is 0 Å². The lowest BCUT2D eigenvalue weighted by molar-refractivity contribution is 0.145. The summed E-state index contributed by atoms with van der Waals surface area (Å²) >= 11 is 0. The minimum atomic E-state index is 0. The smallest absolute Gasteiger partial charge is 0.119 e. The number of nitrogens with two attached hydrogens (primary N) is 1. The SMILES string of the molecule is CCOc1ccc(CN2CCCCC2CN)cc1.Cl. The molecule has 19 heavy (non-hydrogen) atoms. The standard InChI is InChI=1S/C15H24N2O.ClH/c1-2-18-15-8-6-13(7-9-15)12-17-10-4-3-5-14(17)11-16;/h6-9,14H,2-5,10-12,16H2,1H3;1H. The number of piperidine rings is 1. The van der Waals surface area contributed by atoms with E-state index in [9.17, 15) is 0 Å². The van der Waals surface area contributed by atoms with E-state index in [4.69, 9.17) is 10.5 Å². The van der Waals surface area contributed by atoms with Gasteiger partial charge in [-0.15, -0.1) is 12.4 Å². The molecule has 3 nitrogen and oxygen atoms in total. The Labute approximate surface area is 122 Å². The predicted octanol–water partition coefficient (Wildman–Crippen LogP) is 2.82. The Morgan fingerprint density at radius 2 is 2.00 bits per heavy atom. The van der Waals surface area contributed by atoms with Gasteiger partial charge in [0.2, 0.25) is 0 Å². The lowest BCUT2D eigenvalue weighted by Gasteiger charge is -2.35. The van der Waals surface area contributed by atoms with Crippen LogP contribution in [0.25, 0.3) is 0 Å². The van der Waals surface area contributed by atoms with Crippen LogP contribution in [-0.4, -0.2) is 30.6 Å². The highest BCUT2D eigenvalue weighted by atomic mass is 35.5. The second-order valence-electron chi connectivity index (χ2n) is 4.93. The Balaban J connectivity index is 0.00000180. The molecule has 0 spiro atoms. The van der Waals surface area contributed by atoms with E-state index in [0.717, 1.165) is 25.4 Å². The molecule has 1 heterocycles. The summed E-state index contributed by atoms with van der Waals surface area (Å²) in [5, 5.41) is 0. The van der Waals surface area contributed by atoms with Crippen molar-refractivity contribution < 1.29 is 4.74 Å². The minimum absolute atomic E-state index is 0. The maximum Gasteiger partial charge on any atom is 0.119 e. The Morgan fingerprint density at radius 3 is 2.63 bits per heavy atom. The second kappa shape index (κ2) is 8.41. The number of hydrogen-bond acceptors (Lipinski definition) is 3. The normalized spacial score (nSPS) is 19.8. The molecule has 1 fully saturated rings. The fourth-order valence-electron chi connectivity index (χ4n) is 2.63. The van der Waals surface area contributed by atoms with E-state index in [1.807, 2.05) is 6.92 Å². The summed E-state index contributed by atoms with van der Waals surface area (Å²) in [7, 11) is 0. The molecule has 1 atom stereocenters. The van der Waals surface area contributed by atoms with Crippen molar-refractivity contribution in [3.8, 4) is 5.75 Å². The Kier molecular flexibility index (Phi) is 7.21. The zero-order chi connectivity index (χ0) is 12.8. The fraction of sp³-hybridized carbons (Fsp3) is 0.600. The number of ether oxygens (including phenoxy) is 1. The van der Waals surface area contributed by atoms with Gasteiger partial charge in [0, 0.05) is 19.1 Å². The van der Waals surface area contributed by atoms with Crippen LogP contribution >= 0.6 is 12.4 Å². The lowest BCUT2D eigenvalue weighted by Crippen LogP contribution is -2.43. The van der Waals surface area contributed by atoms with Crippen LogP contribution < -0.4 is 10.5 Å². The summed E-state index contributed by atoms with van der Waals surface area (Å²) < 4.78 is 5.46. The van der Waals surface area contributed by atoms with Crippen molar-refractivity contribution in [3.05, 3.63) is 29.8 Å². The summed E-state index contributed by atoms with van der Waals surface area (Å²) in [6.45, 7) is 5.69. The van der Waals surface area contributed by atoms with Crippen molar-refractivity contribution >= 4 is 12.4 Å². The van der Waals surface area contributed by atoms with Gasteiger partial charge in [-0.05, 0) is 44.0 Å². The van der Waals surface area contributed by atoms with Crippen LogP contribution in [0.15, 0.2) is 24.3 Å². The molecule has 4 heteroatoms. The van der Waals surface area contributed by atoms with Gasteiger partial charge in [-0.3, -0.25) is 4.90 Å². The number of nitrogens with zero attached hydrogens (tertiary/aromatic N) is 1. The summed E-state index contributed by atoms with van der Waals surface area (Å²) in [5.41, 5.74) is 7.20. The number of hydrogen-bond donors (Lipinski definition) is 1. The minimum Gasteiger partial charge on any atom is -0.494 e. The first kappa shape index (κ1) is 16.3. The number of likely N-dealkylation sites (tertiary alicyclic amines) is 1. The molecule has 0 bridgehead atoms. The molecule has 1 saturated heterocycles. The van der Waals surface area contributed by atoms with Crippen LogP contribution in [0, 0.1) is 0 Å². The van der Waals surface area contributed by atoms with Crippen molar-refractivity contribution in [1.29, 1.82) is 0 Å². The first-order chi connectivity index (χ1) is 8.83. The van der Waals surface area contributed by atoms with E-state index in [1.165, 1.54) is 31.4 Å². The van der Waals surface area contributed by atoms with E-state index in [-0.39, 0.29) is 12.4 Å². The first-order valence-corrected chi connectivity index (χ1v) is 6.99. The predicted molar refractivity (Wildman–Crippen MR) is 82.0 cm³/mol. The van der Waals surface area contributed by atoms with Crippen molar-refractivity contribution in [2.45, 2.75) is 38.8 Å². The third kappa shape index (κ3) is 4.68. The molecule has 0 aliphatic carbocycles. The van der Waals surface area contributed by atoms with Crippen molar-refractivity contribution in [2.75, 3.05) is 19.7 Å². The van der Waals surface area contributed by atoms with E-state index < -0.39 is 0 Å². The molecular weight excluding hydrogens is 260 g/mol. The van der Waals surface area contributed by atoms with Gasteiger partial charge in [0.1, 0.15) is 5.75 Å². The highest BCUT2D eigenvalue weighted by Gasteiger charge is 2.20. The molecule has 0 aromatic heterocycles. The third-order valence-corrected chi connectivity index (χ3v) is 3.64. The topological polar surface area (TPSA) is 38.5 Å². The van der Waals surface area contributed by atoms with E-state index >= 15 is 0 Å². The van der Waals surface area contributed by atoms with E-state index in [1.54, 1.807) is 0 Å². The molecule has 0 radical (unpaired) electrons. The molecule has 1 unspecified atom stereocenters. The summed E-state index contributed by atoms with van der Waals surface area (Å²) in [4.78, 5) is 2.51. The van der Waals surface area contributed by atoms with Crippen molar-refractivity contribution in [1.82, 2.24) is 4.90 Å². The van der Waals surface area contributed by atoms with Gasteiger partial charge in [0.05, 0.1) is 6.61 Å². The highest BCUT2D eigenvalue weighted by molar-refractivity contribution is 5.85. The molecule has 1 aromatic rings. The monoisotopic (exact) mass is 284 g/mol. The lowest BCUT2D eigenvalue weighted by atomic mass is 10.0. The molecule has 1 aromatic carbocycles.